The third-order valence-corrected chi connectivity index (χ3v) is 3.63. The largest absolute Gasteiger partial charge is 0.379 e. The molecule has 0 aromatic heterocycles. The molecule has 0 aromatic carbocycles. The molecule has 0 spiro atoms. The van der Waals surface area contributed by atoms with Crippen molar-refractivity contribution < 1.29 is 17.9 Å². The summed E-state index contributed by atoms with van der Waals surface area (Å²) in [4.78, 5) is 0. The molecule has 96 valence electrons. The SMILES string of the molecule is CCOCCOC1CCN(S(N)(=O)=O)CC1. The fourth-order valence-corrected chi connectivity index (χ4v) is 2.39. The molecule has 1 fully saturated rings. The number of nitrogens with zero attached hydrogens (tertiary/aromatic N) is 1. The van der Waals surface area contributed by atoms with Gasteiger partial charge in [0.25, 0.3) is 10.2 Å². The third kappa shape index (κ3) is 4.75. The maximum Gasteiger partial charge on any atom is 0.276 e. The minimum atomic E-state index is -3.53. The van der Waals surface area contributed by atoms with Gasteiger partial charge in [-0.2, -0.15) is 12.7 Å². The smallest absolute Gasteiger partial charge is 0.276 e. The Kier molecular flexibility index (Phi) is 5.63. The molecule has 1 heterocycles. The van der Waals surface area contributed by atoms with Crippen LogP contribution < -0.4 is 5.14 Å². The molecular formula is C9H20N2O4S. The lowest BCUT2D eigenvalue weighted by molar-refractivity contribution is -0.0121. The average molecular weight is 252 g/mol. The topological polar surface area (TPSA) is 81.9 Å². The first-order chi connectivity index (χ1) is 7.54. The molecule has 1 aliphatic rings. The van der Waals surface area contributed by atoms with Crippen molar-refractivity contribution in [2.24, 2.45) is 5.14 Å². The fourth-order valence-electron chi connectivity index (χ4n) is 1.67. The van der Waals surface area contributed by atoms with Gasteiger partial charge in [0.2, 0.25) is 0 Å². The lowest BCUT2D eigenvalue weighted by Gasteiger charge is -2.29. The highest BCUT2D eigenvalue weighted by molar-refractivity contribution is 7.86. The van der Waals surface area contributed by atoms with Crippen LogP contribution in [0.5, 0.6) is 0 Å². The number of hydrogen-bond donors (Lipinski definition) is 1. The van der Waals surface area contributed by atoms with Crippen molar-refractivity contribution in [2.75, 3.05) is 32.9 Å². The predicted molar refractivity (Wildman–Crippen MR) is 60.1 cm³/mol. The second kappa shape index (κ2) is 6.51. The van der Waals surface area contributed by atoms with Crippen molar-refractivity contribution in [3.05, 3.63) is 0 Å². The zero-order chi connectivity index (χ0) is 12.0. The van der Waals surface area contributed by atoms with Crippen LogP contribution in [0.1, 0.15) is 19.8 Å². The van der Waals surface area contributed by atoms with Crippen LogP contribution in [0.15, 0.2) is 0 Å². The summed E-state index contributed by atoms with van der Waals surface area (Å²) in [5.41, 5.74) is 0. The first-order valence-electron chi connectivity index (χ1n) is 5.51. The Morgan fingerprint density at radius 3 is 2.44 bits per heavy atom. The monoisotopic (exact) mass is 252 g/mol. The quantitative estimate of drug-likeness (QED) is 0.658. The van der Waals surface area contributed by atoms with Crippen molar-refractivity contribution >= 4 is 10.2 Å². The molecule has 0 aliphatic carbocycles. The molecular weight excluding hydrogens is 232 g/mol. The van der Waals surface area contributed by atoms with Gasteiger partial charge in [-0.25, -0.2) is 5.14 Å². The summed E-state index contributed by atoms with van der Waals surface area (Å²) in [7, 11) is -3.53. The lowest BCUT2D eigenvalue weighted by atomic mass is 10.1. The van der Waals surface area contributed by atoms with Crippen LogP contribution in [0.25, 0.3) is 0 Å². The molecule has 0 atom stereocenters. The van der Waals surface area contributed by atoms with Crippen LogP contribution in [0.2, 0.25) is 0 Å². The summed E-state index contributed by atoms with van der Waals surface area (Å²) in [5, 5.41) is 5.03. The Labute approximate surface area is 96.9 Å². The van der Waals surface area contributed by atoms with Gasteiger partial charge in [-0.1, -0.05) is 0 Å². The Morgan fingerprint density at radius 2 is 1.94 bits per heavy atom. The van der Waals surface area contributed by atoms with Crippen LogP contribution in [0.4, 0.5) is 0 Å². The Bertz CT molecular complexity index is 286. The summed E-state index contributed by atoms with van der Waals surface area (Å²) >= 11 is 0. The summed E-state index contributed by atoms with van der Waals surface area (Å²) in [6.45, 7) is 4.66. The van der Waals surface area contributed by atoms with E-state index >= 15 is 0 Å². The lowest BCUT2D eigenvalue weighted by Crippen LogP contribution is -2.44. The first-order valence-corrected chi connectivity index (χ1v) is 7.01. The molecule has 0 aromatic rings. The molecule has 0 saturated carbocycles. The summed E-state index contributed by atoms with van der Waals surface area (Å²) in [6.07, 6.45) is 1.52. The normalized spacial score (nSPS) is 20.1. The van der Waals surface area contributed by atoms with Gasteiger partial charge in [-0.05, 0) is 19.8 Å². The zero-order valence-corrected chi connectivity index (χ0v) is 10.4. The maximum absolute atomic E-state index is 11.0. The van der Waals surface area contributed by atoms with Gasteiger partial charge in [0.1, 0.15) is 0 Å². The molecule has 1 saturated heterocycles. The first kappa shape index (κ1) is 13.9. The highest BCUT2D eigenvalue weighted by Gasteiger charge is 2.25. The molecule has 1 aliphatic heterocycles. The highest BCUT2D eigenvalue weighted by Crippen LogP contribution is 2.14. The van der Waals surface area contributed by atoms with Gasteiger partial charge >= 0.3 is 0 Å². The fraction of sp³-hybridized carbons (Fsp3) is 1.00. The summed E-state index contributed by atoms with van der Waals surface area (Å²) in [6, 6.07) is 0. The standard InChI is InChI=1S/C9H20N2O4S/c1-2-14-7-8-15-9-3-5-11(6-4-9)16(10,12)13/h9H,2-8H2,1H3,(H2,10,12,13). The predicted octanol–water partition coefficient (Wildman–Crippen LogP) is -0.293. The second-order valence-corrected chi connectivity index (χ2v) is 5.26. The Hall–Kier alpha value is -0.210. The van der Waals surface area contributed by atoms with Crippen molar-refractivity contribution in [1.82, 2.24) is 4.31 Å². The van der Waals surface area contributed by atoms with E-state index in [1.54, 1.807) is 0 Å². The van der Waals surface area contributed by atoms with E-state index in [2.05, 4.69) is 0 Å². The summed E-state index contributed by atoms with van der Waals surface area (Å²) < 4.78 is 34.1. The zero-order valence-electron chi connectivity index (χ0n) is 9.59. The van der Waals surface area contributed by atoms with Crippen LogP contribution in [0.3, 0.4) is 0 Å². The van der Waals surface area contributed by atoms with Gasteiger partial charge in [0.15, 0.2) is 0 Å². The molecule has 0 radical (unpaired) electrons. The third-order valence-electron chi connectivity index (χ3n) is 2.55. The van der Waals surface area contributed by atoms with Crippen LogP contribution in [-0.2, 0) is 19.7 Å². The molecule has 1 rings (SSSR count). The number of nitrogens with two attached hydrogens (primary N) is 1. The van der Waals surface area contributed by atoms with Crippen LogP contribution in [0, 0.1) is 0 Å². The Morgan fingerprint density at radius 1 is 1.31 bits per heavy atom. The van der Waals surface area contributed by atoms with Gasteiger partial charge in [-0.3, -0.25) is 0 Å². The van der Waals surface area contributed by atoms with E-state index < -0.39 is 10.2 Å². The minimum absolute atomic E-state index is 0.124. The van der Waals surface area contributed by atoms with Crippen LogP contribution in [-0.4, -0.2) is 51.7 Å². The van der Waals surface area contributed by atoms with E-state index in [9.17, 15) is 8.42 Å². The van der Waals surface area contributed by atoms with Crippen molar-refractivity contribution in [1.29, 1.82) is 0 Å². The molecule has 0 bridgehead atoms. The van der Waals surface area contributed by atoms with E-state index in [0.29, 0.717) is 45.8 Å². The number of hydrogen-bond acceptors (Lipinski definition) is 4. The molecule has 7 heteroatoms. The second-order valence-electron chi connectivity index (χ2n) is 3.71. The van der Waals surface area contributed by atoms with Crippen molar-refractivity contribution in [2.45, 2.75) is 25.9 Å². The van der Waals surface area contributed by atoms with E-state index in [1.807, 2.05) is 6.92 Å². The maximum atomic E-state index is 11.0. The van der Waals surface area contributed by atoms with Crippen LogP contribution >= 0.6 is 0 Å². The van der Waals surface area contributed by atoms with Gasteiger partial charge in [-0.15, -0.1) is 0 Å². The van der Waals surface area contributed by atoms with E-state index in [4.69, 9.17) is 14.6 Å². The molecule has 0 amide bonds. The summed E-state index contributed by atoms with van der Waals surface area (Å²) in [5.74, 6) is 0. The molecule has 2 N–H and O–H groups in total. The number of ether oxygens (including phenoxy) is 2. The molecule has 6 nitrogen and oxygen atoms in total. The van der Waals surface area contributed by atoms with Gasteiger partial charge in [0, 0.05) is 19.7 Å². The van der Waals surface area contributed by atoms with E-state index in [0.717, 1.165) is 0 Å². The minimum Gasteiger partial charge on any atom is -0.379 e. The highest BCUT2D eigenvalue weighted by atomic mass is 32.2. The van der Waals surface area contributed by atoms with E-state index in [1.165, 1.54) is 4.31 Å². The molecule has 16 heavy (non-hydrogen) atoms. The Balaban J connectivity index is 2.17. The van der Waals surface area contributed by atoms with Crippen molar-refractivity contribution in [3.63, 3.8) is 0 Å². The van der Waals surface area contributed by atoms with E-state index in [-0.39, 0.29) is 6.10 Å². The van der Waals surface area contributed by atoms with Crippen molar-refractivity contribution in [3.8, 4) is 0 Å². The van der Waals surface area contributed by atoms with Gasteiger partial charge < -0.3 is 9.47 Å². The number of rotatable bonds is 6. The number of piperidine rings is 1. The average Bonchev–Trinajstić information content (AvgIpc) is 2.24. The molecule has 0 unspecified atom stereocenters. The van der Waals surface area contributed by atoms with Gasteiger partial charge in [0.05, 0.1) is 19.3 Å².